The molecule has 4 nitrogen and oxygen atoms in total. The maximum atomic E-state index is 5.00. The predicted molar refractivity (Wildman–Crippen MR) is 227 cm³/mol. The smallest absolute Gasteiger partial charge is 0.164 e. The van der Waals surface area contributed by atoms with Crippen molar-refractivity contribution in [3.05, 3.63) is 216 Å². The highest BCUT2D eigenvalue weighted by atomic mass is 15.0. The average molecular weight is 713 g/mol. The van der Waals surface area contributed by atoms with E-state index < -0.39 is 5.41 Å². The number of nitrogens with zero attached hydrogens (tertiary/aromatic N) is 4. The Kier molecular flexibility index (Phi) is 6.52. The summed E-state index contributed by atoms with van der Waals surface area (Å²) in [4.78, 5) is 14.9. The molecule has 4 heteroatoms. The number of hydrogen-bond acceptors (Lipinski definition) is 3. The summed E-state index contributed by atoms with van der Waals surface area (Å²) in [6, 6.07) is 69.7. The van der Waals surface area contributed by atoms with Crippen molar-refractivity contribution in [3.8, 4) is 62.1 Å². The first-order valence-corrected chi connectivity index (χ1v) is 19.1. The molecular formula is C52H32N4. The molecule has 0 fully saturated rings. The lowest BCUT2D eigenvalue weighted by molar-refractivity contribution is 0.794. The summed E-state index contributed by atoms with van der Waals surface area (Å²) in [5.74, 6) is 1.95. The molecule has 0 radical (unpaired) electrons. The molecule has 0 saturated heterocycles. The van der Waals surface area contributed by atoms with Crippen LogP contribution < -0.4 is 0 Å². The molecule has 0 atom stereocenters. The fraction of sp³-hybridized carbons (Fsp3) is 0.0192. The fourth-order valence-electron chi connectivity index (χ4n) is 9.53. The van der Waals surface area contributed by atoms with E-state index in [1.165, 1.54) is 66.3 Å². The van der Waals surface area contributed by atoms with Crippen molar-refractivity contribution in [1.29, 1.82) is 0 Å². The van der Waals surface area contributed by atoms with Crippen LogP contribution in [-0.2, 0) is 5.41 Å². The second kappa shape index (κ2) is 11.8. The highest BCUT2D eigenvalue weighted by Crippen LogP contribution is 2.63. The van der Waals surface area contributed by atoms with E-state index >= 15 is 0 Å². The number of hydrogen-bond donors (Lipinski definition) is 0. The van der Waals surface area contributed by atoms with Crippen molar-refractivity contribution in [3.63, 3.8) is 0 Å². The van der Waals surface area contributed by atoms with Crippen LogP contribution in [0.3, 0.4) is 0 Å². The monoisotopic (exact) mass is 712 g/mol. The molecule has 0 unspecified atom stereocenters. The molecule has 2 aliphatic rings. The molecule has 56 heavy (non-hydrogen) atoms. The average Bonchev–Trinajstić information content (AvgIpc) is 3.87. The summed E-state index contributed by atoms with van der Waals surface area (Å²) in [7, 11) is 0. The van der Waals surface area contributed by atoms with Gasteiger partial charge in [-0.2, -0.15) is 0 Å². The summed E-state index contributed by atoms with van der Waals surface area (Å²) in [6.07, 6.45) is 0. The van der Waals surface area contributed by atoms with Gasteiger partial charge in [-0.15, -0.1) is 0 Å². The van der Waals surface area contributed by atoms with Crippen LogP contribution in [0.25, 0.3) is 83.9 Å². The van der Waals surface area contributed by atoms with Gasteiger partial charge in [0.25, 0.3) is 0 Å². The first kappa shape index (κ1) is 31.0. The van der Waals surface area contributed by atoms with Gasteiger partial charge < -0.3 is 4.57 Å². The minimum Gasteiger partial charge on any atom is -0.309 e. The van der Waals surface area contributed by atoms with Crippen molar-refractivity contribution in [2.75, 3.05) is 0 Å². The number of fused-ring (bicyclic) bond motifs is 13. The van der Waals surface area contributed by atoms with Crippen molar-refractivity contribution in [2.45, 2.75) is 5.41 Å². The first-order valence-electron chi connectivity index (χ1n) is 19.1. The second-order valence-electron chi connectivity index (χ2n) is 14.7. The summed E-state index contributed by atoms with van der Waals surface area (Å²) in [5, 5.41) is 2.48. The molecule has 260 valence electrons. The number of aromatic nitrogens is 4. The Bertz CT molecular complexity index is 3080. The molecule has 0 aliphatic heterocycles. The molecule has 2 aliphatic carbocycles. The summed E-state index contributed by atoms with van der Waals surface area (Å²) < 4.78 is 2.43. The van der Waals surface area contributed by atoms with Crippen LogP contribution in [-0.4, -0.2) is 19.5 Å². The summed E-state index contributed by atoms with van der Waals surface area (Å²) in [5.41, 5.74) is 16.5. The third-order valence-corrected chi connectivity index (χ3v) is 11.9. The summed E-state index contributed by atoms with van der Waals surface area (Å²) >= 11 is 0. The van der Waals surface area contributed by atoms with Gasteiger partial charge in [0, 0.05) is 33.2 Å². The van der Waals surface area contributed by atoms with Crippen molar-refractivity contribution in [2.24, 2.45) is 0 Å². The van der Waals surface area contributed by atoms with Crippen molar-refractivity contribution in [1.82, 2.24) is 19.5 Å². The zero-order chi connectivity index (χ0) is 36.8. The SMILES string of the molecule is c1ccc(-c2nc(-c3ccccc3)nc(-c3ccc(-n4c5ccccc5c5cc6c(cc54)C4(c5ccccc5-c5ccccc54)c4ccccc4-6)cc3)n2)cc1. The maximum Gasteiger partial charge on any atom is 0.164 e. The van der Waals surface area contributed by atoms with E-state index in [1.807, 2.05) is 60.7 Å². The normalized spacial score (nSPS) is 13.1. The van der Waals surface area contributed by atoms with Crippen LogP contribution in [0.1, 0.15) is 22.3 Å². The lowest BCUT2D eigenvalue weighted by Gasteiger charge is -2.30. The van der Waals surface area contributed by atoms with Crippen LogP contribution in [0.5, 0.6) is 0 Å². The molecule has 2 aromatic heterocycles. The number of rotatable bonds is 4. The Morgan fingerprint density at radius 1 is 0.321 bits per heavy atom. The Balaban J connectivity index is 1.07. The lowest BCUT2D eigenvalue weighted by Crippen LogP contribution is -2.25. The highest BCUT2D eigenvalue weighted by molar-refractivity contribution is 6.12. The van der Waals surface area contributed by atoms with Crippen LogP contribution in [0.15, 0.2) is 194 Å². The van der Waals surface area contributed by atoms with Gasteiger partial charge in [0.2, 0.25) is 0 Å². The van der Waals surface area contributed by atoms with Crippen LogP contribution in [0.2, 0.25) is 0 Å². The Labute approximate surface area is 324 Å². The second-order valence-corrected chi connectivity index (χ2v) is 14.7. The largest absolute Gasteiger partial charge is 0.309 e. The Hall–Kier alpha value is -7.43. The van der Waals surface area contributed by atoms with Gasteiger partial charge in [0.05, 0.1) is 16.4 Å². The molecular weight excluding hydrogens is 681 g/mol. The van der Waals surface area contributed by atoms with Gasteiger partial charge in [0.15, 0.2) is 17.5 Å². The topological polar surface area (TPSA) is 43.6 Å². The molecule has 0 bridgehead atoms. The Morgan fingerprint density at radius 3 is 1.32 bits per heavy atom. The first-order chi connectivity index (χ1) is 27.8. The lowest BCUT2D eigenvalue weighted by atomic mass is 9.70. The van der Waals surface area contributed by atoms with Crippen LogP contribution >= 0.6 is 0 Å². The van der Waals surface area contributed by atoms with E-state index in [4.69, 9.17) is 15.0 Å². The van der Waals surface area contributed by atoms with E-state index in [0.717, 1.165) is 22.4 Å². The van der Waals surface area contributed by atoms with Gasteiger partial charge in [-0.3, -0.25) is 0 Å². The molecule has 2 heterocycles. The Morgan fingerprint density at radius 2 is 0.768 bits per heavy atom. The van der Waals surface area contributed by atoms with E-state index in [2.05, 4.69) is 138 Å². The molecule has 1 spiro atoms. The van der Waals surface area contributed by atoms with Crippen molar-refractivity contribution >= 4 is 21.8 Å². The third kappa shape index (κ3) is 4.27. The van der Waals surface area contributed by atoms with Gasteiger partial charge in [-0.25, -0.2) is 15.0 Å². The van der Waals surface area contributed by atoms with Gasteiger partial charge >= 0.3 is 0 Å². The van der Waals surface area contributed by atoms with E-state index in [0.29, 0.717) is 17.5 Å². The van der Waals surface area contributed by atoms with Crippen LogP contribution in [0.4, 0.5) is 0 Å². The number of benzene rings is 8. The van der Waals surface area contributed by atoms with Crippen molar-refractivity contribution < 1.29 is 0 Å². The maximum absolute atomic E-state index is 5.00. The number of para-hydroxylation sites is 1. The molecule has 0 amide bonds. The van der Waals surface area contributed by atoms with E-state index in [9.17, 15) is 0 Å². The molecule has 0 saturated carbocycles. The quantitative estimate of drug-likeness (QED) is 0.182. The van der Waals surface area contributed by atoms with E-state index in [1.54, 1.807) is 0 Å². The van der Waals surface area contributed by atoms with Gasteiger partial charge in [-0.05, 0) is 87.0 Å². The van der Waals surface area contributed by atoms with Gasteiger partial charge in [-0.1, -0.05) is 152 Å². The van der Waals surface area contributed by atoms with E-state index in [-0.39, 0.29) is 0 Å². The zero-order valence-electron chi connectivity index (χ0n) is 30.3. The predicted octanol–water partition coefficient (Wildman–Crippen LogP) is 12.3. The minimum absolute atomic E-state index is 0.413. The van der Waals surface area contributed by atoms with Gasteiger partial charge in [0.1, 0.15) is 0 Å². The molecule has 8 aromatic carbocycles. The fourth-order valence-corrected chi connectivity index (χ4v) is 9.53. The third-order valence-electron chi connectivity index (χ3n) is 11.9. The highest BCUT2D eigenvalue weighted by Gasteiger charge is 2.51. The summed E-state index contributed by atoms with van der Waals surface area (Å²) in [6.45, 7) is 0. The molecule has 12 rings (SSSR count). The van der Waals surface area contributed by atoms with Crippen LogP contribution in [0, 0.1) is 0 Å². The minimum atomic E-state index is -0.413. The zero-order valence-corrected chi connectivity index (χ0v) is 30.3. The standard InChI is InChI=1S/C52H32N4/c1-3-15-33(16-4-1)49-53-50(34-17-5-2-6-18-34)55-51(54-49)35-27-29-36(30-28-35)56-47-26-14-10-22-40(47)42-31-41-39-21-9-13-25-45(39)52(46(41)32-48(42)56)43-23-11-7-19-37(43)38-20-8-12-24-44(38)52/h1-32H. The molecule has 10 aromatic rings. The molecule has 0 N–H and O–H groups in total.